The minimum Gasteiger partial charge on any atom is -0.380 e. The molecular formula is C7H18N2O3S. The van der Waals surface area contributed by atoms with Crippen molar-refractivity contribution in [3.8, 4) is 0 Å². The zero-order valence-electron chi connectivity index (χ0n) is 8.28. The number of methoxy groups -OCH3 is 1. The van der Waals surface area contributed by atoms with Crippen molar-refractivity contribution in [1.82, 2.24) is 4.72 Å². The topological polar surface area (TPSA) is 81.4 Å². The summed E-state index contributed by atoms with van der Waals surface area (Å²) >= 11 is 0. The lowest BCUT2D eigenvalue weighted by Gasteiger charge is -2.14. The summed E-state index contributed by atoms with van der Waals surface area (Å²) in [6.07, 6.45) is -0.125. The average Bonchev–Trinajstić information content (AvgIpc) is 2.12. The van der Waals surface area contributed by atoms with Crippen molar-refractivity contribution in [2.24, 2.45) is 5.73 Å². The number of rotatable bonds is 6. The Morgan fingerprint density at radius 3 is 2.38 bits per heavy atom. The lowest BCUT2D eigenvalue weighted by atomic mass is 10.4. The first-order valence-electron chi connectivity index (χ1n) is 4.15. The molecule has 0 aliphatic carbocycles. The normalized spacial score (nSPS) is 16.9. The predicted molar refractivity (Wildman–Crippen MR) is 51.9 cm³/mol. The second kappa shape index (κ2) is 5.54. The van der Waals surface area contributed by atoms with Crippen LogP contribution in [-0.4, -0.2) is 40.0 Å². The molecule has 0 spiro atoms. The van der Waals surface area contributed by atoms with Crippen LogP contribution < -0.4 is 10.5 Å². The molecule has 2 atom stereocenters. The van der Waals surface area contributed by atoms with E-state index in [4.69, 9.17) is 10.5 Å². The van der Waals surface area contributed by atoms with Crippen molar-refractivity contribution < 1.29 is 13.2 Å². The highest BCUT2D eigenvalue weighted by atomic mass is 32.2. The van der Waals surface area contributed by atoms with E-state index in [1.807, 2.05) is 0 Å². The molecular weight excluding hydrogens is 192 g/mol. The third-order valence-corrected chi connectivity index (χ3v) is 3.66. The third kappa shape index (κ3) is 4.56. The highest BCUT2D eigenvalue weighted by Gasteiger charge is 2.18. The predicted octanol–water partition coefficient (Wildman–Crippen LogP) is -0.712. The molecule has 13 heavy (non-hydrogen) atoms. The molecule has 0 aromatic rings. The lowest BCUT2D eigenvalue weighted by Crippen LogP contribution is -2.40. The van der Waals surface area contributed by atoms with Gasteiger partial charge in [-0.05, 0) is 13.8 Å². The van der Waals surface area contributed by atoms with Crippen molar-refractivity contribution >= 4 is 10.0 Å². The minimum absolute atomic E-state index is 0.122. The summed E-state index contributed by atoms with van der Waals surface area (Å²) in [4.78, 5) is 0. The molecule has 3 N–H and O–H groups in total. The standard InChI is InChI=1S/C7H18N2O3S/c1-6(12-3)5-9-13(10,11)7(2)4-8/h6-7,9H,4-5,8H2,1-3H3. The Labute approximate surface area is 79.7 Å². The fourth-order valence-corrected chi connectivity index (χ4v) is 1.59. The molecule has 0 heterocycles. The summed E-state index contributed by atoms with van der Waals surface area (Å²) in [5.74, 6) is 0. The van der Waals surface area contributed by atoms with Crippen LogP contribution in [0.3, 0.4) is 0 Å². The van der Waals surface area contributed by atoms with Gasteiger partial charge in [-0.2, -0.15) is 0 Å². The first-order valence-corrected chi connectivity index (χ1v) is 5.70. The second-order valence-corrected chi connectivity index (χ2v) is 5.17. The van der Waals surface area contributed by atoms with E-state index in [0.29, 0.717) is 0 Å². The van der Waals surface area contributed by atoms with Gasteiger partial charge in [-0.3, -0.25) is 0 Å². The smallest absolute Gasteiger partial charge is 0.215 e. The Morgan fingerprint density at radius 2 is 2.00 bits per heavy atom. The average molecular weight is 210 g/mol. The van der Waals surface area contributed by atoms with Crippen LogP contribution in [0.25, 0.3) is 0 Å². The van der Waals surface area contributed by atoms with Crippen molar-refractivity contribution in [3.05, 3.63) is 0 Å². The highest BCUT2D eigenvalue weighted by molar-refractivity contribution is 7.90. The van der Waals surface area contributed by atoms with Crippen LogP contribution in [0.15, 0.2) is 0 Å². The van der Waals surface area contributed by atoms with Crippen LogP contribution in [0.4, 0.5) is 0 Å². The van der Waals surface area contributed by atoms with E-state index in [1.165, 1.54) is 7.11 Å². The third-order valence-electron chi connectivity index (χ3n) is 1.84. The molecule has 0 amide bonds. The van der Waals surface area contributed by atoms with Gasteiger partial charge in [0.05, 0.1) is 11.4 Å². The zero-order valence-corrected chi connectivity index (χ0v) is 9.10. The van der Waals surface area contributed by atoms with Gasteiger partial charge in [0.15, 0.2) is 0 Å². The van der Waals surface area contributed by atoms with E-state index >= 15 is 0 Å². The van der Waals surface area contributed by atoms with Crippen molar-refractivity contribution in [1.29, 1.82) is 0 Å². The molecule has 0 aromatic heterocycles. The summed E-state index contributed by atoms with van der Waals surface area (Å²) in [5, 5.41) is -0.559. The van der Waals surface area contributed by atoms with Crippen LogP contribution >= 0.6 is 0 Å². The molecule has 0 rings (SSSR count). The molecule has 80 valence electrons. The van der Waals surface area contributed by atoms with E-state index in [-0.39, 0.29) is 19.2 Å². The van der Waals surface area contributed by atoms with Gasteiger partial charge in [-0.15, -0.1) is 0 Å². The molecule has 0 bridgehead atoms. The molecule has 0 saturated heterocycles. The Balaban J connectivity index is 4.04. The fraction of sp³-hybridized carbons (Fsp3) is 1.00. The lowest BCUT2D eigenvalue weighted by molar-refractivity contribution is 0.122. The molecule has 5 nitrogen and oxygen atoms in total. The van der Waals surface area contributed by atoms with Crippen molar-refractivity contribution in [2.45, 2.75) is 25.2 Å². The summed E-state index contributed by atoms with van der Waals surface area (Å²) < 4.78 is 30.0. The maximum atomic E-state index is 11.3. The van der Waals surface area contributed by atoms with Crippen LogP contribution in [0.2, 0.25) is 0 Å². The molecule has 0 aliphatic rings. The number of sulfonamides is 1. The summed E-state index contributed by atoms with van der Waals surface area (Å²) in [6.45, 7) is 3.76. The number of hydrogen-bond acceptors (Lipinski definition) is 4. The van der Waals surface area contributed by atoms with Crippen LogP contribution in [0.5, 0.6) is 0 Å². The van der Waals surface area contributed by atoms with E-state index in [1.54, 1.807) is 13.8 Å². The first kappa shape index (κ1) is 12.8. The summed E-state index contributed by atoms with van der Waals surface area (Å²) in [5.41, 5.74) is 5.25. The molecule has 0 saturated carbocycles. The molecule has 0 aromatic carbocycles. The molecule has 2 unspecified atom stereocenters. The monoisotopic (exact) mass is 210 g/mol. The van der Waals surface area contributed by atoms with E-state index in [2.05, 4.69) is 4.72 Å². The van der Waals surface area contributed by atoms with Gasteiger partial charge in [0.1, 0.15) is 0 Å². The maximum absolute atomic E-state index is 11.3. The minimum atomic E-state index is -3.27. The van der Waals surface area contributed by atoms with Gasteiger partial charge >= 0.3 is 0 Å². The van der Waals surface area contributed by atoms with Crippen LogP contribution in [0.1, 0.15) is 13.8 Å². The Morgan fingerprint density at radius 1 is 1.46 bits per heavy atom. The molecule has 6 heteroatoms. The number of nitrogens with one attached hydrogen (secondary N) is 1. The van der Waals surface area contributed by atoms with Crippen molar-refractivity contribution in [3.63, 3.8) is 0 Å². The number of nitrogens with two attached hydrogens (primary N) is 1. The zero-order chi connectivity index (χ0) is 10.5. The largest absolute Gasteiger partial charge is 0.380 e. The van der Waals surface area contributed by atoms with E-state index in [9.17, 15) is 8.42 Å². The maximum Gasteiger partial charge on any atom is 0.215 e. The summed E-state index contributed by atoms with van der Waals surface area (Å²) in [7, 11) is -1.74. The Hall–Kier alpha value is -0.170. The second-order valence-electron chi connectivity index (χ2n) is 2.99. The Kier molecular flexibility index (Phi) is 5.46. The summed E-state index contributed by atoms with van der Waals surface area (Å²) in [6, 6.07) is 0. The Bertz CT molecular complexity index is 228. The number of hydrogen-bond donors (Lipinski definition) is 2. The van der Waals surface area contributed by atoms with Crippen LogP contribution in [-0.2, 0) is 14.8 Å². The van der Waals surface area contributed by atoms with E-state index in [0.717, 1.165) is 0 Å². The number of ether oxygens (including phenoxy) is 1. The first-order chi connectivity index (χ1) is 5.94. The van der Waals surface area contributed by atoms with Gasteiger partial charge < -0.3 is 10.5 Å². The SMILES string of the molecule is COC(C)CNS(=O)(=O)C(C)CN. The fourth-order valence-electron chi connectivity index (χ4n) is 0.586. The van der Waals surface area contributed by atoms with Gasteiger partial charge in [0, 0.05) is 20.2 Å². The molecule has 0 radical (unpaired) electrons. The highest BCUT2D eigenvalue weighted by Crippen LogP contribution is 1.96. The van der Waals surface area contributed by atoms with Crippen molar-refractivity contribution in [2.75, 3.05) is 20.2 Å². The van der Waals surface area contributed by atoms with Gasteiger partial charge in [-0.25, -0.2) is 13.1 Å². The molecule has 0 fully saturated rings. The quantitative estimate of drug-likeness (QED) is 0.606. The van der Waals surface area contributed by atoms with Crippen LogP contribution in [0, 0.1) is 0 Å². The van der Waals surface area contributed by atoms with Gasteiger partial charge in [0.2, 0.25) is 10.0 Å². The van der Waals surface area contributed by atoms with E-state index < -0.39 is 15.3 Å². The van der Waals surface area contributed by atoms with Gasteiger partial charge in [0.25, 0.3) is 0 Å². The molecule has 0 aliphatic heterocycles. The van der Waals surface area contributed by atoms with Gasteiger partial charge in [-0.1, -0.05) is 0 Å².